The monoisotopic (exact) mass is 498 g/mol. The predicted molar refractivity (Wildman–Crippen MR) is 122 cm³/mol. The van der Waals surface area contributed by atoms with Crippen molar-refractivity contribution >= 4 is 50.8 Å². The molecule has 9 heteroatoms. The number of nitrogens with zero attached hydrogens (tertiary/aromatic N) is 4. The molecule has 0 aromatic carbocycles. The highest BCUT2D eigenvalue weighted by molar-refractivity contribution is 9.10. The third-order valence-corrected chi connectivity index (χ3v) is 8.76. The van der Waals surface area contributed by atoms with Gasteiger partial charge in [0.1, 0.15) is 4.21 Å². The van der Waals surface area contributed by atoms with Gasteiger partial charge in [0, 0.05) is 18.3 Å². The van der Waals surface area contributed by atoms with Gasteiger partial charge in [0.2, 0.25) is 5.13 Å². The third-order valence-electron chi connectivity index (χ3n) is 5.59. The molecule has 0 amide bonds. The molecule has 2 aromatic heterocycles. The quantitative estimate of drug-likeness (QED) is 0.397. The van der Waals surface area contributed by atoms with Gasteiger partial charge in [0.15, 0.2) is 11.5 Å². The van der Waals surface area contributed by atoms with Crippen molar-refractivity contribution < 1.29 is 9.53 Å². The molecule has 4 rings (SSSR count). The standard InChI is InChI=1S/C20H27BrN4O2S2/c1-11(2)28-19-17(24-9-7-14(8-10-24)13-5-6-13)22-20(29-19)25-16(18(26)27-4)15(21)12(3)23-25/h11,13-14H,5-10H2,1-4H3. The lowest BCUT2D eigenvalue weighted by molar-refractivity contribution is 0.0589. The number of rotatable bonds is 6. The Morgan fingerprint density at radius 3 is 2.48 bits per heavy atom. The Labute approximate surface area is 188 Å². The van der Waals surface area contributed by atoms with Crippen LogP contribution in [0.5, 0.6) is 0 Å². The van der Waals surface area contributed by atoms with Crippen LogP contribution in [-0.4, -0.2) is 46.2 Å². The summed E-state index contributed by atoms with van der Waals surface area (Å²) >= 11 is 6.92. The summed E-state index contributed by atoms with van der Waals surface area (Å²) in [5.41, 5.74) is 1.13. The van der Waals surface area contributed by atoms with E-state index in [0.717, 1.165) is 36.4 Å². The number of carbonyl (C=O) groups is 1. The normalized spacial score (nSPS) is 17.9. The van der Waals surface area contributed by atoms with E-state index in [1.54, 1.807) is 16.0 Å². The summed E-state index contributed by atoms with van der Waals surface area (Å²) in [6.07, 6.45) is 5.35. The molecule has 2 fully saturated rings. The molecular formula is C20H27BrN4O2S2. The van der Waals surface area contributed by atoms with Crippen molar-refractivity contribution in [2.45, 2.75) is 55.9 Å². The summed E-state index contributed by atoms with van der Waals surface area (Å²) in [6, 6.07) is 0. The molecule has 6 nitrogen and oxygen atoms in total. The number of esters is 1. The van der Waals surface area contributed by atoms with Gasteiger partial charge < -0.3 is 9.64 Å². The molecule has 0 bridgehead atoms. The van der Waals surface area contributed by atoms with Gasteiger partial charge in [-0.25, -0.2) is 4.79 Å². The average molecular weight is 500 g/mol. The number of halogens is 1. The maximum absolute atomic E-state index is 12.4. The van der Waals surface area contributed by atoms with Crippen LogP contribution in [0.1, 0.15) is 55.7 Å². The summed E-state index contributed by atoms with van der Waals surface area (Å²) in [4.78, 5) is 19.8. The van der Waals surface area contributed by atoms with Crippen LogP contribution in [-0.2, 0) is 4.74 Å². The van der Waals surface area contributed by atoms with E-state index in [1.165, 1.54) is 37.0 Å². The molecule has 29 heavy (non-hydrogen) atoms. The number of hydrogen-bond acceptors (Lipinski definition) is 7. The van der Waals surface area contributed by atoms with Crippen LogP contribution in [0.4, 0.5) is 5.82 Å². The summed E-state index contributed by atoms with van der Waals surface area (Å²) in [6.45, 7) is 8.38. The zero-order valence-electron chi connectivity index (χ0n) is 17.3. The Kier molecular flexibility index (Phi) is 6.27. The Bertz CT molecular complexity index is 899. The van der Waals surface area contributed by atoms with Crippen molar-refractivity contribution in [3.63, 3.8) is 0 Å². The maximum atomic E-state index is 12.4. The van der Waals surface area contributed by atoms with E-state index in [2.05, 4.69) is 39.8 Å². The molecule has 158 valence electrons. The Balaban J connectivity index is 1.67. The lowest BCUT2D eigenvalue weighted by Gasteiger charge is -2.32. The average Bonchev–Trinajstić information content (AvgIpc) is 3.41. The van der Waals surface area contributed by atoms with E-state index in [9.17, 15) is 4.79 Å². The number of methoxy groups -OCH3 is 1. The predicted octanol–water partition coefficient (Wildman–Crippen LogP) is 5.31. The zero-order valence-corrected chi connectivity index (χ0v) is 20.5. The van der Waals surface area contributed by atoms with Gasteiger partial charge in [-0.05, 0) is 60.4 Å². The SMILES string of the molecule is COC(=O)c1c(Br)c(C)nn1-c1nc(N2CCC(C3CC3)CC2)c(SC(C)C)s1. The third kappa shape index (κ3) is 4.37. The van der Waals surface area contributed by atoms with E-state index in [-0.39, 0.29) is 0 Å². The van der Waals surface area contributed by atoms with Crippen LogP contribution in [0.25, 0.3) is 5.13 Å². The van der Waals surface area contributed by atoms with E-state index in [1.807, 2.05) is 18.7 Å². The highest BCUT2D eigenvalue weighted by Crippen LogP contribution is 2.45. The Morgan fingerprint density at radius 2 is 1.90 bits per heavy atom. The van der Waals surface area contributed by atoms with Gasteiger partial charge in [-0.2, -0.15) is 14.8 Å². The summed E-state index contributed by atoms with van der Waals surface area (Å²) in [5, 5.41) is 5.73. The highest BCUT2D eigenvalue weighted by atomic mass is 79.9. The molecule has 1 aliphatic carbocycles. The molecule has 1 saturated carbocycles. The molecule has 0 radical (unpaired) electrons. The minimum absolute atomic E-state index is 0.388. The second kappa shape index (κ2) is 8.59. The maximum Gasteiger partial charge on any atom is 0.358 e. The van der Waals surface area contributed by atoms with Gasteiger partial charge in [-0.3, -0.25) is 0 Å². The summed E-state index contributed by atoms with van der Waals surface area (Å²) < 4.78 is 8.46. The number of aryl methyl sites for hydroxylation is 1. The number of piperidine rings is 1. The van der Waals surface area contributed by atoms with Crippen LogP contribution < -0.4 is 4.90 Å². The lowest BCUT2D eigenvalue weighted by atomic mass is 9.92. The molecule has 1 saturated heterocycles. The molecule has 0 N–H and O–H groups in total. The molecular weight excluding hydrogens is 472 g/mol. The van der Waals surface area contributed by atoms with Crippen LogP contribution in [0.2, 0.25) is 0 Å². The van der Waals surface area contributed by atoms with E-state index < -0.39 is 5.97 Å². The molecule has 0 unspecified atom stereocenters. The smallest absolute Gasteiger partial charge is 0.358 e. The number of ether oxygens (including phenoxy) is 1. The first-order valence-electron chi connectivity index (χ1n) is 10.1. The first-order valence-corrected chi connectivity index (χ1v) is 12.6. The second-order valence-corrected chi connectivity index (χ2v) is 11.7. The number of carbonyl (C=O) groups excluding carboxylic acids is 1. The van der Waals surface area contributed by atoms with Crippen LogP contribution >= 0.6 is 39.0 Å². The van der Waals surface area contributed by atoms with Crippen molar-refractivity contribution in [2.24, 2.45) is 11.8 Å². The van der Waals surface area contributed by atoms with Crippen molar-refractivity contribution in [2.75, 3.05) is 25.1 Å². The summed E-state index contributed by atoms with van der Waals surface area (Å²) in [7, 11) is 1.39. The highest BCUT2D eigenvalue weighted by Gasteiger charge is 2.35. The fourth-order valence-electron chi connectivity index (χ4n) is 3.94. The fourth-order valence-corrected chi connectivity index (χ4v) is 6.83. The van der Waals surface area contributed by atoms with Crippen LogP contribution in [0, 0.1) is 18.8 Å². The number of thiazole rings is 1. The summed E-state index contributed by atoms with van der Waals surface area (Å²) in [5.74, 6) is 2.48. The van der Waals surface area contributed by atoms with Crippen molar-refractivity contribution in [1.29, 1.82) is 0 Å². The van der Waals surface area contributed by atoms with Gasteiger partial charge >= 0.3 is 5.97 Å². The van der Waals surface area contributed by atoms with Crippen molar-refractivity contribution in [3.8, 4) is 5.13 Å². The molecule has 3 heterocycles. The van der Waals surface area contributed by atoms with Gasteiger partial charge in [0.25, 0.3) is 0 Å². The van der Waals surface area contributed by atoms with Gasteiger partial charge in [-0.1, -0.05) is 25.2 Å². The van der Waals surface area contributed by atoms with Gasteiger partial charge in [-0.15, -0.1) is 11.8 Å². The number of thioether (sulfide) groups is 1. The molecule has 0 atom stereocenters. The van der Waals surface area contributed by atoms with E-state index >= 15 is 0 Å². The first kappa shape index (κ1) is 21.2. The molecule has 2 aliphatic rings. The Hall–Kier alpha value is -1.06. The number of aromatic nitrogens is 3. The molecule has 1 aliphatic heterocycles. The lowest BCUT2D eigenvalue weighted by Crippen LogP contribution is -2.34. The van der Waals surface area contributed by atoms with E-state index in [0.29, 0.717) is 20.5 Å². The topological polar surface area (TPSA) is 60.2 Å². The molecule has 2 aromatic rings. The first-order chi connectivity index (χ1) is 13.9. The fraction of sp³-hybridized carbons (Fsp3) is 0.650. The molecule has 0 spiro atoms. The van der Waals surface area contributed by atoms with Crippen LogP contribution in [0.15, 0.2) is 8.68 Å². The largest absolute Gasteiger partial charge is 0.464 e. The van der Waals surface area contributed by atoms with Crippen molar-refractivity contribution in [1.82, 2.24) is 14.8 Å². The van der Waals surface area contributed by atoms with Gasteiger partial charge in [0.05, 0.1) is 17.3 Å². The second-order valence-electron chi connectivity index (χ2n) is 8.09. The van der Waals surface area contributed by atoms with Crippen molar-refractivity contribution in [3.05, 3.63) is 15.9 Å². The number of hydrogen-bond donors (Lipinski definition) is 0. The van der Waals surface area contributed by atoms with Crippen LogP contribution in [0.3, 0.4) is 0 Å². The minimum Gasteiger partial charge on any atom is -0.464 e. The Morgan fingerprint density at radius 1 is 1.24 bits per heavy atom. The minimum atomic E-state index is -0.419. The van der Waals surface area contributed by atoms with E-state index in [4.69, 9.17) is 9.72 Å². The number of anilines is 1. The zero-order chi connectivity index (χ0) is 20.7.